The van der Waals surface area contributed by atoms with E-state index in [1.807, 2.05) is 41.5 Å². The van der Waals surface area contributed by atoms with Crippen molar-refractivity contribution in [3.05, 3.63) is 0 Å². The molecule has 0 radical (unpaired) electrons. The molecular formula is C41H101N. The third-order valence-corrected chi connectivity index (χ3v) is 5.54. The van der Waals surface area contributed by atoms with Crippen LogP contribution in [0, 0.1) is 23.7 Å². The van der Waals surface area contributed by atoms with Crippen LogP contribution in [0.25, 0.3) is 0 Å². The van der Waals surface area contributed by atoms with Crippen LogP contribution >= 0.6 is 0 Å². The summed E-state index contributed by atoms with van der Waals surface area (Å²) < 4.78 is 0. The fourth-order valence-corrected chi connectivity index (χ4v) is 3.32. The minimum Gasteiger partial charge on any atom is -0.317 e. The zero-order valence-corrected chi connectivity index (χ0v) is 34.1. The number of hydrogen-bond donors (Lipinski definition) is 1. The van der Waals surface area contributed by atoms with Gasteiger partial charge in [-0.05, 0) is 36.8 Å². The summed E-state index contributed by atoms with van der Waals surface area (Å²) in [4.78, 5) is 0. The molecule has 1 aliphatic rings. The number of hydrogen-bond acceptors (Lipinski definition) is 1. The molecule has 0 bridgehead atoms. The molecular weight excluding hydrogens is 506 g/mol. The molecule has 1 aliphatic carbocycles. The molecule has 0 saturated heterocycles. The Morgan fingerprint density at radius 2 is 0.857 bits per heavy atom. The molecule has 42 heavy (non-hydrogen) atoms. The summed E-state index contributed by atoms with van der Waals surface area (Å²) in [6, 6.07) is 0. The van der Waals surface area contributed by atoms with Crippen molar-refractivity contribution >= 4 is 0 Å². The average Bonchev–Trinajstić information content (AvgIpc) is 2.98. The van der Waals surface area contributed by atoms with E-state index in [0.717, 1.165) is 36.8 Å². The summed E-state index contributed by atoms with van der Waals surface area (Å²) in [6.07, 6.45) is 20.0. The highest BCUT2D eigenvalue weighted by molar-refractivity contribution is 4.64. The second kappa shape index (κ2) is 78.0. The van der Waals surface area contributed by atoms with E-state index in [9.17, 15) is 0 Å². The lowest BCUT2D eigenvalue weighted by Crippen LogP contribution is -2.09. The molecule has 1 nitrogen and oxygen atoms in total. The van der Waals surface area contributed by atoms with E-state index in [1.165, 1.54) is 89.9 Å². The Labute approximate surface area is 277 Å². The third kappa shape index (κ3) is 126. The minimum absolute atomic E-state index is 0. The highest BCUT2D eigenvalue weighted by Gasteiger charge is 2.11. The Bertz CT molecular complexity index is 256. The molecule has 1 rings (SSSR count). The van der Waals surface area contributed by atoms with Gasteiger partial charge in [0, 0.05) is 0 Å². The van der Waals surface area contributed by atoms with E-state index >= 15 is 0 Å². The van der Waals surface area contributed by atoms with Crippen LogP contribution in [0.3, 0.4) is 0 Å². The Balaban J connectivity index is -0.0000000441. The van der Waals surface area contributed by atoms with Gasteiger partial charge in [0.25, 0.3) is 0 Å². The van der Waals surface area contributed by atoms with Gasteiger partial charge in [0.05, 0.1) is 0 Å². The van der Waals surface area contributed by atoms with Crippen molar-refractivity contribution in [1.82, 2.24) is 5.32 Å². The smallest absolute Gasteiger partial charge is 0.00775 e. The van der Waals surface area contributed by atoms with Gasteiger partial charge >= 0.3 is 0 Å². The van der Waals surface area contributed by atoms with E-state index in [1.54, 1.807) is 0 Å². The molecule has 0 amide bonds. The third-order valence-electron chi connectivity index (χ3n) is 5.54. The van der Waals surface area contributed by atoms with Crippen LogP contribution in [0.2, 0.25) is 0 Å². The molecule has 270 valence electrons. The van der Waals surface area contributed by atoms with E-state index in [-0.39, 0.29) is 7.43 Å². The molecule has 0 unspecified atom stereocenters. The van der Waals surface area contributed by atoms with Crippen LogP contribution < -0.4 is 5.32 Å². The highest BCUT2D eigenvalue weighted by Crippen LogP contribution is 2.26. The van der Waals surface area contributed by atoms with Crippen LogP contribution in [-0.2, 0) is 0 Å². The molecule has 1 fully saturated rings. The summed E-state index contributed by atoms with van der Waals surface area (Å²) >= 11 is 0. The van der Waals surface area contributed by atoms with Crippen molar-refractivity contribution in [1.29, 1.82) is 0 Å². The molecule has 0 aromatic carbocycles. The van der Waals surface area contributed by atoms with E-state index < -0.39 is 0 Å². The van der Waals surface area contributed by atoms with Gasteiger partial charge in [-0.15, -0.1) is 0 Å². The molecule has 1 N–H and O–H groups in total. The average molecular weight is 608 g/mol. The summed E-state index contributed by atoms with van der Waals surface area (Å²) in [5.74, 6) is 3.77. The Hall–Kier alpha value is -0.0400. The maximum atomic E-state index is 3.11. The van der Waals surface area contributed by atoms with Crippen molar-refractivity contribution in [2.45, 2.75) is 236 Å². The van der Waals surface area contributed by atoms with E-state index in [2.05, 4.69) is 102 Å². The van der Waals surface area contributed by atoms with Gasteiger partial charge in [-0.3, -0.25) is 0 Å². The highest BCUT2D eigenvalue weighted by atomic mass is 14.8. The first-order valence-electron chi connectivity index (χ1n) is 19.3. The largest absolute Gasteiger partial charge is 0.317 e. The first-order chi connectivity index (χ1) is 19.6. The van der Waals surface area contributed by atoms with Gasteiger partial charge in [-0.25, -0.2) is 0 Å². The molecule has 0 aromatic heterocycles. The molecule has 0 spiro atoms. The molecule has 0 heterocycles. The zero-order chi connectivity index (χ0) is 34.3. The molecule has 1 saturated carbocycles. The number of unbranched alkanes of at least 4 members (excludes halogenated alkanes) is 2. The van der Waals surface area contributed by atoms with Gasteiger partial charge in [0.2, 0.25) is 0 Å². The summed E-state index contributed by atoms with van der Waals surface area (Å²) in [7, 11) is 0. The lowest BCUT2D eigenvalue weighted by molar-refractivity contribution is 0.336. The lowest BCUT2D eigenvalue weighted by Gasteiger charge is -2.20. The SMILES string of the molecule is C.CC.CC.CC.CC(C)C.CC(C)C.CCCC.CCCC1CCCCC1.CCCCC(CC)CC.CCNCC. The van der Waals surface area contributed by atoms with Gasteiger partial charge in [0.15, 0.2) is 0 Å². The predicted octanol–water partition coefficient (Wildman–Crippen LogP) is 16.4. The first-order valence-corrected chi connectivity index (χ1v) is 19.3. The second-order valence-corrected chi connectivity index (χ2v) is 11.5. The lowest BCUT2D eigenvalue weighted by atomic mass is 9.86. The Morgan fingerprint density at radius 1 is 0.524 bits per heavy atom. The van der Waals surface area contributed by atoms with Crippen LogP contribution in [0.1, 0.15) is 236 Å². The Morgan fingerprint density at radius 3 is 1.05 bits per heavy atom. The van der Waals surface area contributed by atoms with E-state index in [0.29, 0.717) is 0 Å². The maximum Gasteiger partial charge on any atom is -0.00775 e. The number of rotatable bonds is 10. The topological polar surface area (TPSA) is 12.0 Å². The van der Waals surface area contributed by atoms with Gasteiger partial charge in [-0.2, -0.15) is 0 Å². The monoisotopic (exact) mass is 608 g/mol. The van der Waals surface area contributed by atoms with Crippen molar-refractivity contribution in [3.63, 3.8) is 0 Å². The zero-order valence-electron chi connectivity index (χ0n) is 34.1. The van der Waals surface area contributed by atoms with Crippen molar-refractivity contribution in [2.75, 3.05) is 13.1 Å². The van der Waals surface area contributed by atoms with Crippen molar-refractivity contribution in [2.24, 2.45) is 23.7 Å². The van der Waals surface area contributed by atoms with Gasteiger partial charge < -0.3 is 5.32 Å². The van der Waals surface area contributed by atoms with Gasteiger partial charge in [-0.1, -0.05) is 236 Å². The van der Waals surface area contributed by atoms with Crippen molar-refractivity contribution in [3.8, 4) is 0 Å². The van der Waals surface area contributed by atoms with Crippen LogP contribution in [0.4, 0.5) is 0 Å². The number of nitrogens with one attached hydrogen (secondary N) is 1. The predicted molar refractivity (Wildman–Crippen MR) is 212 cm³/mol. The summed E-state index contributed by atoms with van der Waals surface area (Å²) in [6.45, 7) is 44.9. The van der Waals surface area contributed by atoms with Crippen LogP contribution in [-0.4, -0.2) is 13.1 Å². The van der Waals surface area contributed by atoms with Crippen LogP contribution in [0.15, 0.2) is 0 Å². The van der Waals surface area contributed by atoms with E-state index in [4.69, 9.17) is 0 Å². The standard InChI is InChI=1S/C9H18.C9H20.C4H11N.3C4H10.3C2H6.CH4/c1-2-6-9-7-4-3-5-8-9;1-4-7-8-9(5-2)6-3;1-3-5-4-2;2*1-4(2)3;1-3-4-2;3*1-2;/h9H,2-8H2,1H3;9H,4-8H2,1-3H3;5H,3-4H2,1-2H3;2*4H,1-3H3;3-4H2,1-2H3;3*1-2H3;1H4. The molecule has 0 aliphatic heterocycles. The molecule has 0 atom stereocenters. The minimum atomic E-state index is 0. The molecule has 0 aromatic rings. The second-order valence-electron chi connectivity index (χ2n) is 11.5. The molecule has 1 heteroatoms. The summed E-state index contributed by atoms with van der Waals surface area (Å²) in [5, 5.41) is 3.11. The normalized spacial score (nSPS) is 10.9. The quantitative estimate of drug-likeness (QED) is 0.260. The Kier molecular flexibility index (Phi) is 120. The van der Waals surface area contributed by atoms with Crippen molar-refractivity contribution < 1.29 is 0 Å². The first kappa shape index (κ1) is 64.8. The summed E-state index contributed by atoms with van der Waals surface area (Å²) in [5.41, 5.74) is 0. The fraction of sp³-hybridized carbons (Fsp3) is 1.00. The fourth-order valence-electron chi connectivity index (χ4n) is 3.32. The van der Waals surface area contributed by atoms with Gasteiger partial charge in [0.1, 0.15) is 0 Å². The van der Waals surface area contributed by atoms with Crippen LogP contribution in [0.5, 0.6) is 0 Å². The maximum absolute atomic E-state index is 3.11.